The molecule has 0 radical (unpaired) electrons. The molecule has 1 saturated carbocycles. The van der Waals surface area contributed by atoms with Gasteiger partial charge in [-0.25, -0.2) is 4.79 Å². The number of aryl methyl sites for hydroxylation is 2. The molecule has 3 amide bonds. The summed E-state index contributed by atoms with van der Waals surface area (Å²) in [6, 6.07) is 17.4. The molecule has 2 aliphatic rings. The number of thiophene rings is 1. The van der Waals surface area contributed by atoms with E-state index < -0.39 is 0 Å². The maximum absolute atomic E-state index is 13.7. The smallest absolute Gasteiger partial charge is 0.322 e. The van der Waals surface area contributed by atoms with Gasteiger partial charge in [-0.05, 0) is 80.3 Å². The molecule has 36 heavy (non-hydrogen) atoms. The lowest BCUT2D eigenvalue weighted by atomic mass is 10.0. The fourth-order valence-electron chi connectivity index (χ4n) is 4.61. The average Bonchev–Trinajstić information content (AvgIpc) is 3.56. The quantitative estimate of drug-likeness (QED) is 0.422. The van der Waals surface area contributed by atoms with Gasteiger partial charge in [0.05, 0.1) is 6.04 Å². The number of hydrogen-bond acceptors (Lipinski definition) is 4. The minimum Gasteiger partial charge on any atom is -0.491 e. The number of ether oxygens (including phenoxy) is 1. The normalized spacial score (nSPS) is 16.8. The fraction of sp³-hybridized carbons (Fsp3) is 0.379. The molecular formula is C29H33N3O3S. The molecule has 5 rings (SSSR count). The number of anilines is 1. The molecule has 0 spiro atoms. The molecule has 1 N–H and O–H groups in total. The van der Waals surface area contributed by atoms with Crippen molar-refractivity contribution in [2.45, 2.75) is 39.2 Å². The van der Waals surface area contributed by atoms with Crippen LogP contribution in [0, 0.1) is 19.8 Å². The summed E-state index contributed by atoms with van der Waals surface area (Å²) < 4.78 is 6.14. The highest BCUT2D eigenvalue weighted by Gasteiger charge is 2.35. The van der Waals surface area contributed by atoms with Gasteiger partial charge >= 0.3 is 6.03 Å². The summed E-state index contributed by atoms with van der Waals surface area (Å²) in [5.41, 5.74) is 4.21. The minimum absolute atomic E-state index is 0.0379. The third kappa shape index (κ3) is 5.90. The molecule has 3 aromatic rings. The molecule has 1 aliphatic carbocycles. The van der Waals surface area contributed by atoms with E-state index >= 15 is 0 Å². The Morgan fingerprint density at radius 3 is 2.42 bits per heavy atom. The monoisotopic (exact) mass is 503 g/mol. The molecule has 1 atom stereocenters. The van der Waals surface area contributed by atoms with E-state index in [-0.39, 0.29) is 24.5 Å². The summed E-state index contributed by atoms with van der Waals surface area (Å²) in [7, 11) is 0. The number of urea groups is 1. The van der Waals surface area contributed by atoms with Crippen LogP contribution in [-0.2, 0) is 11.2 Å². The number of fused-ring (bicyclic) bond motifs is 1. The van der Waals surface area contributed by atoms with Crippen LogP contribution < -0.4 is 10.1 Å². The summed E-state index contributed by atoms with van der Waals surface area (Å²) in [6.07, 6.45) is 3.05. The van der Waals surface area contributed by atoms with Crippen molar-refractivity contribution in [1.29, 1.82) is 0 Å². The van der Waals surface area contributed by atoms with Crippen LogP contribution in [0.1, 0.15) is 40.5 Å². The molecule has 1 fully saturated rings. The van der Waals surface area contributed by atoms with E-state index in [4.69, 9.17) is 4.74 Å². The Kier molecular flexibility index (Phi) is 7.28. The van der Waals surface area contributed by atoms with Crippen LogP contribution in [0.2, 0.25) is 0 Å². The van der Waals surface area contributed by atoms with Gasteiger partial charge in [-0.15, -0.1) is 11.3 Å². The maximum Gasteiger partial charge on any atom is 0.322 e. The molecule has 1 aliphatic heterocycles. The molecule has 2 aromatic carbocycles. The number of amides is 3. The van der Waals surface area contributed by atoms with Gasteiger partial charge in [0.15, 0.2) is 0 Å². The molecule has 188 valence electrons. The topological polar surface area (TPSA) is 61.9 Å². The van der Waals surface area contributed by atoms with Crippen molar-refractivity contribution in [1.82, 2.24) is 9.80 Å². The largest absolute Gasteiger partial charge is 0.491 e. The van der Waals surface area contributed by atoms with E-state index in [0.717, 1.165) is 41.8 Å². The highest BCUT2D eigenvalue weighted by Crippen LogP contribution is 2.34. The molecule has 1 unspecified atom stereocenters. The second-order valence-corrected chi connectivity index (χ2v) is 10.9. The van der Waals surface area contributed by atoms with Crippen molar-refractivity contribution in [3.8, 4) is 5.75 Å². The third-order valence-corrected chi connectivity index (χ3v) is 7.93. The van der Waals surface area contributed by atoms with Crippen molar-refractivity contribution in [3.63, 3.8) is 0 Å². The molecule has 7 heteroatoms. The number of carbonyl (C=O) groups excluding carboxylic acids is 2. The number of nitrogens with zero attached hydrogens (tertiary/aromatic N) is 2. The molecular weight excluding hydrogens is 470 g/mol. The highest BCUT2D eigenvalue weighted by atomic mass is 32.1. The van der Waals surface area contributed by atoms with Crippen molar-refractivity contribution in [3.05, 3.63) is 81.5 Å². The number of rotatable bonds is 8. The Labute approximate surface area is 216 Å². The third-order valence-electron chi connectivity index (χ3n) is 6.94. The van der Waals surface area contributed by atoms with Gasteiger partial charge < -0.3 is 19.9 Å². The Morgan fingerprint density at radius 1 is 1.03 bits per heavy atom. The Hall–Kier alpha value is -3.32. The number of benzene rings is 2. The lowest BCUT2D eigenvalue weighted by Crippen LogP contribution is -2.49. The first-order valence-electron chi connectivity index (χ1n) is 12.6. The van der Waals surface area contributed by atoms with Crippen molar-refractivity contribution >= 4 is 29.0 Å². The summed E-state index contributed by atoms with van der Waals surface area (Å²) in [4.78, 5) is 31.7. The van der Waals surface area contributed by atoms with Crippen LogP contribution in [0.15, 0.2) is 60.0 Å². The zero-order chi connectivity index (χ0) is 25.1. The van der Waals surface area contributed by atoms with E-state index in [1.54, 1.807) is 16.2 Å². The van der Waals surface area contributed by atoms with Crippen molar-refractivity contribution < 1.29 is 14.3 Å². The Morgan fingerprint density at radius 2 is 1.72 bits per heavy atom. The van der Waals surface area contributed by atoms with E-state index in [1.165, 1.54) is 10.4 Å². The predicted molar refractivity (Wildman–Crippen MR) is 144 cm³/mol. The van der Waals surface area contributed by atoms with Gasteiger partial charge in [0, 0.05) is 23.7 Å². The van der Waals surface area contributed by atoms with Crippen LogP contribution in [0.5, 0.6) is 5.75 Å². The van der Waals surface area contributed by atoms with Crippen LogP contribution >= 0.6 is 11.3 Å². The van der Waals surface area contributed by atoms with E-state index in [9.17, 15) is 9.59 Å². The van der Waals surface area contributed by atoms with Gasteiger partial charge in [-0.3, -0.25) is 4.79 Å². The zero-order valence-corrected chi connectivity index (χ0v) is 21.7. The molecule has 0 saturated heterocycles. The second-order valence-electron chi connectivity index (χ2n) is 9.90. The minimum atomic E-state index is -0.222. The summed E-state index contributed by atoms with van der Waals surface area (Å²) >= 11 is 1.74. The number of carbonyl (C=O) groups is 2. The van der Waals surface area contributed by atoms with Gasteiger partial charge in [-0.2, -0.15) is 0 Å². The van der Waals surface area contributed by atoms with E-state index in [1.807, 2.05) is 67.3 Å². The van der Waals surface area contributed by atoms with Gasteiger partial charge in [0.25, 0.3) is 0 Å². The van der Waals surface area contributed by atoms with Crippen LogP contribution in [0.4, 0.5) is 10.5 Å². The fourth-order valence-corrected chi connectivity index (χ4v) is 5.54. The van der Waals surface area contributed by atoms with Crippen molar-refractivity contribution in [2.75, 3.05) is 31.6 Å². The van der Waals surface area contributed by atoms with Crippen LogP contribution in [0.25, 0.3) is 0 Å². The first kappa shape index (κ1) is 24.4. The first-order valence-corrected chi connectivity index (χ1v) is 13.5. The number of hydrogen-bond donors (Lipinski definition) is 1. The average molecular weight is 504 g/mol. The summed E-state index contributed by atoms with van der Waals surface area (Å²) in [5, 5.41) is 5.07. The molecule has 2 heterocycles. The lowest BCUT2D eigenvalue weighted by molar-refractivity contribution is -0.135. The highest BCUT2D eigenvalue weighted by molar-refractivity contribution is 7.10. The van der Waals surface area contributed by atoms with Crippen molar-refractivity contribution in [2.24, 2.45) is 5.92 Å². The van der Waals surface area contributed by atoms with E-state index in [0.29, 0.717) is 25.6 Å². The Balaban J connectivity index is 1.29. The Bertz CT molecular complexity index is 1200. The maximum atomic E-state index is 13.7. The standard InChI is InChI=1S/C29H33N3O3S/c1-20-3-9-23(10-4-20)30-29(34)31(17-22-7-8-22)18-28(33)32-15-13-27-25(14-16-36-27)26(32)19-35-24-11-5-21(2)6-12-24/h3-6,9-12,14,16,22,26H,7-8,13,15,17-19H2,1-2H3,(H,30,34). The number of nitrogens with one attached hydrogen (secondary N) is 1. The van der Waals surface area contributed by atoms with Crippen LogP contribution in [-0.4, -0.2) is 48.0 Å². The van der Waals surface area contributed by atoms with Crippen LogP contribution in [0.3, 0.4) is 0 Å². The SMILES string of the molecule is Cc1ccc(NC(=O)N(CC(=O)N2CCc3sccc3C2COc2ccc(C)cc2)CC2CC2)cc1. The zero-order valence-electron chi connectivity index (χ0n) is 20.9. The first-order chi connectivity index (χ1) is 17.5. The van der Waals surface area contributed by atoms with Gasteiger partial charge in [-0.1, -0.05) is 35.4 Å². The summed E-state index contributed by atoms with van der Waals surface area (Å²) in [6.45, 7) is 5.74. The summed E-state index contributed by atoms with van der Waals surface area (Å²) in [5.74, 6) is 1.24. The van der Waals surface area contributed by atoms with E-state index in [2.05, 4.69) is 16.8 Å². The lowest BCUT2D eigenvalue weighted by Gasteiger charge is -2.37. The second kappa shape index (κ2) is 10.7. The van der Waals surface area contributed by atoms with Gasteiger partial charge in [0.2, 0.25) is 5.91 Å². The van der Waals surface area contributed by atoms with Gasteiger partial charge in [0.1, 0.15) is 18.9 Å². The molecule has 6 nitrogen and oxygen atoms in total. The predicted octanol–water partition coefficient (Wildman–Crippen LogP) is 5.81. The molecule has 0 bridgehead atoms. The molecule has 1 aromatic heterocycles.